The van der Waals surface area contributed by atoms with E-state index in [1.165, 1.54) is 6.07 Å². The topological polar surface area (TPSA) is 46.2 Å². The number of sulfonamides is 1. The van der Waals surface area contributed by atoms with Gasteiger partial charge in [-0.25, -0.2) is 17.5 Å². The molecular weight excluding hydrogens is 309 g/mol. The van der Waals surface area contributed by atoms with Crippen LogP contribution in [-0.4, -0.2) is 13.2 Å². The molecule has 6 heteroatoms. The van der Waals surface area contributed by atoms with E-state index in [0.717, 1.165) is 0 Å². The van der Waals surface area contributed by atoms with Crippen LogP contribution in [0.1, 0.15) is 26.3 Å². The third-order valence-corrected chi connectivity index (χ3v) is 5.04. The molecule has 0 radical (unpaired) electrons. The molecule has 0 aromatic heterocycles. The van der Waals surface area contributed by atoms with Crippen LogP contribution < -0.4 is 4.72 Å². The lowest BCUT2D eigenvalue weighted by molar-refractivity contribution is 0.544. The quantitative estimate of drug-likeness (QED) is 0.929. The molecule has 17 heavy (non-hydrogen) atoms. The fourth-order valence-electron chi connectivity index (χ4n) is 1.04. The third kappa shape index (κ3) is 3.76. The number of hydrogen-bond donors (Lipinski definition) is 1. The first kappa shape index (κ1) is 14.6. The predicted molar refractivity (Wildman–Crippen MR) is 69.6 cm³/mol. The maximum absolute atomic E-state index is 13.2. The van der Waals surface area contributed by atoms with Gasteiger partial charge in [-0.2, -0.15) is 0 Å². The number of benzene rings is 1. The zero-order valence-corrected chi connectivity index (χ0v) is 12.3. The summed E-state index contributed by atoms with van der Waals surface area (Å²) in [5, 5.41) is 0. The monoisotopic (exact) mass is 323 g/mol. The van der Waals surface area contributed by atoms with Crippen LogP contribution in [0, 0.1) is 5.82 Å². The molecule has 0 unspecified atom stereocenters. The molecule has 1 aromatic rings. The molecule has 0 spiro atoms. The number of halogens is 2. The average Bonchev–Trinajstić information content (AvgIpc) is 2.18. The van der Waals surface area contributed by atoms with Gasteiger partial charge in [-0.05, 0) is 54.4 Å². The lowest BCUT2D eigenvalue weighted by Crippen LogP contribution is -2.38. The van der Waals surface area contributed by atoms with Crippen LogP contribution in [0.25, 0.3) is 0 Å². The Labute approximate surface area is 110 Å². The van der Waals surface area contributed by atoms with Crippen molar-refractivity contribution in [3.8, 4) is 0 Å². The maximum atomic E-state index is 13.2. The Hall–Kier alpha value is -0.460. The van der Waals surface area contributed by atoms with Crippen molar-refractivity contribution >= 4 is 26.0 Å². The van der Waals surface area contributed by atoms with Gasteiger partial charge in [0.05, 0.1) is 9.22 Å². The van der Waals surface area contributed by atoms with Gasteiger partial charge in [-0.1, -0.05) is 6.07 Å². The zero-order chi connectivity index (χ0) is 13.3. The molecule has 0 saturated carbocycles. The number of nitrogens with one attached hydrogen (secondary N) is 1. The molecule has 0 atom stereocenters. The van der Waals surface area contributed by atoms with Crippen LogP contribution in [-0.2, 0) is 16.6 Å². The lowest BCUT2D eigenvalue weighted by Gasteiger charge is -2.19. The van der Waals surface area contributed by atoms with Gasteiger partial charge < -0.3 is 0 Å². The standard InChI is InChI=1S/C11H15BrFNO2S/c1-11(2,3)17(15,16)14-7-8-4-5-9(12)10(13)6-8/h4-6,14H,7H2,1-3H3. The van der Waals surface area contributed by atoms with Crippen molar-refractivity contribution in [3.05, 3.63) is 34.1 Å². The Morgan fingerprint density at radius 3 is 2.41 bits per heavy atom. The van der Waals surface area contributed by atoms with Gasteiger partial charge in [0.25, 0.3) is 0 Å². The predicted octanol–water partition coefficient (Wildman–Crippen LogP) is 2.81. The van der Waals surface area contributed by atoms with Crippen molar-refractivity contribution in [2.75, 3.05) is 0 Å². The van der Waals surface area contributed by atoms with Gasteiger partial charge in [0.2, 0.25) is 10.0 Å². The Kier molecular flexibility index (Phi) is 4.33. The highest BCUT2D eigenvalue weighted by Gasteiger charge is 2.28. The van der Waals surface area contributed by atoms with Crippen LogP contribution in [0.2, 0.25) is 0 Å². The smallest absolute Gasteiger partial charge is 0.212 e. The van der Waals surface area contributed by atoms with Gasteiger partial charge in [0, 0.05) is 6.54 Å². The minimum Gasteiger partial charge on any atom is -0.212 e. The van der Waals surface area contributed by atoms with E-state index >= 15 is 0 Å². The molecule has 1 aromatic carbocycles. The summed E-state index contributed by atoms with van der Waals surface area (Å²) in [5.74, 6) is -0.405. The molecule has 0 bridgehead atoms. The number of rotatable bonds is 3. The summed E-state index contributed by atoms with van der Waals surface area (Å²) in [6.07, 6.45) is 0. The summed E-state index contributed by atoms with van der Waals surface area (Å²) in [5.41, 5.74) is 0.582. The molecule has 0 fully saturated rings. The minimum atomic E-state index is -3.40. The maximum Gasteiger partial charge on any atom is 0.216 e. The van der Waals surface area contributed by atoms with Crippen LogP contribution in [0.3, 0.4) is 0 Å². The molecular formula is C11H15BrFNO2S. The van der Waals surface area contributed by atoms with Crippen molar-refractivity contribution in [3.63, 3.8) is 0 Å². The van der Waals surface area contributed by atoms with Gasteiger partial charge in [0.15, 0.2) is 0 Å². The molecule has 96 valence electrons. The van der Waals surface area contributed by atoms with E-state index in [1.54, 1.807) is 32.9 Å². The summed E-state index contributed by atoms with van der Waals surface area (Å²) in [7, 11) is -3.40. The fraction of sp³-hybridized carbons (Fsp3) is 0.455. The zero-order valence-electron chi connectivity index (χ0n) is 9.92. The SMILES string of the molecule is CC(C)(C)S(=O)(=O)NCc1ccc(Br)c(F)c1. The van der Waals surface area contributed by atoms with Crippen molar-refractivity contribution in [1.29, 1.82) is 0 Å². The van der Waals surface area contributed by atoms with Gasteiger partial charge >= 0.3 is 0 Å². The van der Waals surface area contributed by atoms with Crippen molar-refractivity contribution in [1.82, 2.24) is 4.72 Å². The van der Waals surface area contributed by atoms with Crippen molar-refractivity contribution < 1.29 is 12.8 Å². The highest BCUT2D eigenvalue weighted by atomic mass is 79.9. The van der Waals surface area contributed by atoms with Gasteiger partial charge in [0.1, 0.15) is 5.82 Å². The van der Waals surface area contributed by atoms with Crippen LogP contribution >= 0.6 is 15.9 Å². The molecule has 1 rings (SSSR count). The van der Waals surface area contributed by atoms with Crippen LogP contribution in [0.15, 0.2) is 22.7 Å². The molecule has 3 nitrogen and oxygen atoms in total. The summed E-state index contributed by atoms with van der Waals surface area (Å²) < 4.78 is 38.7. The van der Waals surface area contributed by atoms with Crippen LogP contribution in [0.5, 0.6) is 0 Å². The fourth-order valence-corrected chi connectivity index (χ4v) is 2.08. The van der Waals surface area contributed by atoms with E-state index in [9.17, 15) is 12.8 Å². The summed E-state index contributed by atoms with van der Waals surface area (Å²) >= 11 is 3.04. The Bertz CT molecular complexity index is 509. The summed E-state index contributed by atoms with van der Waals surface area (Å²) in [4.78, 5) is 0. The molecule has 0 aliphatic carbocycles. The first-order valence-electron chi connectivity index (χ1n) is 5.06. The normalized spacial score (nSPS) is 12.8. The minimum absolute atomic E-state index is 0.0871. The van der Waals surface area contributed by atoms with E-state index in [0.29, 0.717) is 10.0 Å². The molecule has 0 heterocycles. The average molecular weight is 324 g/mol. The molecule has 0 saturated heterocycles. The third-order valence-electron chi connectivity index (χ3n) is 2.26. The first-order chi connectivity index (χ1) is 7.63. The van der Waals surface area contributed by atoms with E-state index in [2.05, 4.69) is 20.7 Å². The molecule has 0 aliphatic heterocycles. The summed E-state index contributed by atoms with van der Waals surface area (Å²) in [6, 6.07) is 4.52. The molecule has 1 N–H and O–H groups in total. The van der Waals surface area contributed by atoms with Gasteiger partial charge in [-0.15, -0.1) is 0 Å². The second-order valence-corrected chi connectivity index (χ2v) is 8.06. The highest BCUT2D eigenvalue weighted by Crippen LogP contribution is 2.17. The van der Waals surface area contributed by atoms with Crippen molar-refractivity contribution in [2.45, 2.75) is 32.1 Å². The molecule has 0 amide bonds. The Morgan fingerprint density at radius 2 is 1.94 bits per heavy atom. The highest BCUT2D eigenvalue weighted by molar-refractivity contribution is 9.10. The van der Waals surface area contributed by atoms with Crippen LogP contribution in [0.4, 0.5) is 4.39 Å². The lowest BCUT2D eigenvalue weighted by atomic mass is 10.2. The van der Waals surface area contributed by atoms with Crippen molar-refractivity contribution in [2.24, 2.45) is 0 Å². The summed E-state index contributed by atoms with van der Waals surface area (Å²) in [6.45, 7) is 4.91. The second-order valence-electron chi connectivity index (χ2n) is 4.69. The van der Waals surface area contributed by atoms with E-state index < -0.39 is 20.6 Å². The largest absolute Gasteiger partial charge is 0.216 e. The van der Waals surface area contributed by atoms with E-state index in [4.69, 9.17) is 0 Å². The molecule has 0 aliphatic rings. The van der Waals surface area contributed by atoms with Gasteiger partial charge in [-0.3, -0.25) is 0 Å². The Morgan fingerprint density at radius 1 is 1.35 bits per heavy atom. The first-order valence-corrected chi connectivity index (χ1v) is 7.34. The van der Waals surface area contributed by atoms with E-state index in [-0.39, 0.29) is 6.54 Å². The second kappa shape index (κ2) is 5.04. The van der Waals surface area contributed by atoms with E-state index in [1.807, 2.05) is 0 Å². The Balaban J connectivity index is 2.78. The number of hydrogen-bond acceptors (Lipinski definition) is 2.